The molecule has 1 aliphatic rings. The fourth-order valence-corrected chi connectivity index (χ4v) is 5.78. The van der Waals surface area contributed by atoms with Gasteiger partial charge >= 0.3 is 5.97 Å². The van der Waals surface area contributed by atoms with Gasteiger partial charge in [0.2, 0.25) is 0 Å². The maximum atomic E-state index is 14.0. The zero-order chi connectivity index (χ0) is 28.3. The van der Waals surface area contributed by atoms with Gasteiger partial charge in [-0.2, -0.15) is 0 Å². The Morgan fingerprint density at radius 2 is 1.92 bits per heavy atom. The van der Waals surface area contributed by atoms with Gasteiger partial charge in [0.15, 0.2) is 16.3 Å². The number of para-hydroxylation sites is 1. The SMILES string of the molecule is CCOC(=O)C1=C(C)N=c2s/c(=C\c3cc(Cl)c(OC)c(OCC)c3)c(=O)n2C1c1ccccc1OC(C)C. The van der Waals surface area contributed by atoms with Gasteiger partial charge in [0.25, 0.3) is 5.56 Å². The van der Waals surface area contributed by atoms with Crippen LogP contribution in [0.1, 0.15) is 51.8 Å². The minimum atomic E-state index is -0.782. The number of benzene rings is 2. The van der Waals surface area contributed by atoms with Crippen molar-refractivity contribution in [2.24, 2.45) is 4.99 Å². The van der Waals surface area contributed by atoms with E-state index in [2.05, 4.69) is 4.99 Å². The molecule has 0 N–H and O–H groups in total. The third-order valence-electron chi connectivity index (χ3n) is 5.93. The standard InChI is InChI=1S/C29H31ClN2O6S/c1-7-36-22-14-18(13-20(30)26(22)35-6)15-23-27(33)32-25(19-11-9-10-12-21(19)38-16(3)4)24(28(34)37-8-2)17(5)31-29(32)39-23/h9-16,25H,7-8H2,1-6H3/b23-15-. The molecule has 1 aromatic heterocycles. The van der Waals surface area contributed by atoms with E-state index in [-0.39, 0.29) is 18.3 Å². The summed E-state index contributed by atoms with van der Waals surface area (Å²) in [5.74, 6) is 0.950. The summed E-state index contributed by atoms with van der Waals surface area (Å²) in [6.07, 6.45) is 1.62. The average Bonchev–Trinajstić information content (AvgIpc) is 3.17. The van der Waals surface area contributed by atoms with Crippen molar-refractivity contribution >= 4 is 35.0 Å². The number of esters is 1. The summed E-state index contributed by atoms with van der Waals surface area (Å²) < 4.78 is 24.5. The van der Waals surface area contributed by atoms with Crippen molar-refractivity contribution in [3.05, 3.63) is 83.5 Å². The first-order valence-electron chi connectivity index (χ1n) is 12.7. The zero-order valence-electron chi connectivity index (χ0n) is 22.7. The maximum Gasteiger partial charge on any atom is 0.338 e. The highest BCUT2D eigenvalue weighted by molar-refractivity contribution is 7.07. The van der Waals surface area contributed by atoms with Gasteiger partial charge in [-0.1, -0.05) is 41.1 Å². The lowest BCUT2D eigenvalue weighted by atomic mass is 9.95. The fraction of sp³-hybridized carbons (Fsp3) is 0.345. The molecule has 0 bridgehead atoms. The molecule has 0 amide bonds. The molecular weight excluding hydrogens is 540 g/mol. The van der Waals surface area contributed by atoms with Crippen molar-refractivity contribution in [1.29, 1.82) is 0 Å². The molecule has 0 spiro atoms. The van der Waals surface area contributed by atoms with E-state index < -0.39 is 12.0 Å². The molecule has 1 aliphatic heterocycles. The van der Waals surface area contributed by atoms with Crippen LogP contribution in [0.2, 0.25) is 5.02 Å². The van der Waals surface area contributed by atoms with Crippen LogP contribution in [-0.4, -0.2) is 37.0 Å². The van der Waals surface area contributed by atoms with Gasteiger partial charge in [-0.15, -0.1) is 0 Å². The summed E-state index contributed by atoms with van der Waals surface area (Å²) in [7, 11) is 1.52. The Morgan fingerprint density at radius 3 is 2.59 bits per heavy atom. The molecule has 1 unspecified atom stereocenters. The van der Waals surface area contributed by atoms with Crippen LogP contribution >= 0.6 is 22.9 Å². The summed E-state index contributed by atoms with van der Waals surface area (Å²) in [5.41, 5.74) is 1.80. The van der Waals surface area contributed by atoms with E-state index in [0.29, 0.717) is 60.6 Å². The second-order valence-electron chi connectivity index (χ2n) is 8.97. The zero-order valence-corrected chi connectivity index (χ0v) is 24.3. The molecule has 206 valence electrons. The molecule has 4 rings (SSSR count). The maximum absolute atomic E-state index is 14.0. The van der Waals surface area contributed by atoms with Gasteiger partial charge in [-0.05, 0) is 64.5 Å². The van der Waals surface area contributed by atoms with Crippen LogP contribution in [0.5, 0.6) is 17.2 Å². The molecule has 0 fully saturated rings. The first-order chi connectivity index (χ1) is 18.7. The summed E-state index contributed by atoms with van der Waals surface area (Å²) >= 11 is 7.67. The highest BCUT2D eigenvalue weighted by Gasteiger charge is 2.35. The van der Waals surface area contributed by atoms with Crippen LogP contribution in [0, 0.1) is 0 Å². The monoisotopic (exact) mass is 570 g/mol. The van der Waals surface area contributed by atoms with Gasteiger partial charge in [0, 0.05) is 5.56 Å². The van der Waals surface area contributed by atoms with Gasteiger partial charge in [-0.25, -0.2) is 9.79 Å². The number of hydrogen-bond donors (Lipinski definition) is 0. The molecule has 2 heterocycles. The number of aromatic nitrogens is 1. The number of halogens is 1. The third-order valence-corrected chi connectivity index (χ3v) is 7.19. The summed E-state index contributed by atoms with van der Waals surface area (Å²) in [6, 6.07) is 10.1. The third kappa shape index (κ3) is 5.74. The predicted molar refractivity (Wildman–Crippen MR) is 152 cm³/mol. The lowest BCUT2D eigenvalue weighted by Gasteiger charge is -2.26. The number of ether oxygens (including phenoxy) is 4. The van der Waals surface area contributed by atoms with Gasteiger partial charge < -0.3 is 18.9 Å². The topological polar surface area (TPSA) is 88.4 Å². The molecule has 2 aromatic carbocycles. The van der Waals surface area contributed by atoms with Crippen molar-refractivity contribution in [3.8, 4) is 17.2 Å². The van der Waals surface area contributed by atoms with Crippen LogP contribution in [-0.2, 0) is 9.53 Å². The molecular formula is C29H31ClN2O6S. The van der Waals surface area contributed by atoms with Crippen LogP contribution in [0.3, 0.4) is 0 Å². The van der Waals surface area contributed by atoms with Crippen molar-refractivity contribution in [1.82, 2.24) is 4.57 Å². The smallest absolute Gasteiger partial charge is 0.338 e. The van der Waals surface area contributed by atoms with Crippen LogP contribution in [0.4, 0.5) is 0 Å². The van der Waals surface area contributed by atoms with Crippen LogP contribution in [0.15, 0.2) is 57.5 Å². The van der Waals surface area contributed by atoms with E-state index in [0.717, 1.165) is 0 Å². The van der Waals surface area contributed by atoms with Gasteiger partial charge in [0.05, 0.1) is 47.3 Å². The average molecular weight is 571 g/mol. The minimum Gasteiger partial charge on any atom is -0.491 e. The molecule has 8 nitrogen and oxygen atoms in total. The number of fused-ring (bicyclic) bond motifs is 1. The van der Waals surface area contributed by atoms with Crippen LogP contribution in [0.25, 0.3) is 6.08 Å². The van der Waals surface area contributed by atoms with E-state index in [4.69, 9.17) is 30.5 Å². The number of thiazole rings is 1. The number of nitrogens with zero attached hydrogens (tertiary/aromatic N) is 2. The number of methoxy groups -OCH3 is 1. The lowest BCUT2D eigenvalue weighted by molar-refractivity contribution is -0.139. The normalized spacial score (nSPS) is 15.2. The Hall–Kier alpha value is -3.56. The van der Waals surface area contributed by atoms with Crippen LogP contribution < -0.4 is 29.1 Å². The van der Waals surface area contributed by atoms with Crippen molar-refractivity contribution in [2.75, 3.05) is 20.3 Å². The second kappa shape index (κ2) is 12.1. The van der Waals surface area contributed by atoms with E-state index in [9.17, 15) is 9.59 Å². The summed E-state index contributed by atoms with van der Waals surface area (Å²) in [4.78, 5) is 32.3. The molecule has 0 radical (unpaired) electrons. The van der Waals surface area contributed by atoms with Crippen molar-refractivity contribution in [3.63, 3.8) is 0 Å². The first-order valence-corrected chi connectivity index (χ1v) is 13.8. The molecule has 0 saturated heterocycles. The summed E-state index contributed by atoms with van der Waals surface area (Å²) in [6.45, 7) is 9.81. The lowest BCUT2D eigenvalue weighted by Crippen LogP contribution is -2.40. The molecule has 0 aliphatic carbocycles. The quantitative estimate of drug-likeness (QED) is 0.348. The van der Waals surface area contributed by atoms with Crippen molar-refractivity contribution < 1.29 is 23.7 Å². The Labute approximate surface area is 235 Å². The number of allylic oxidation sites excluding steroid dienone is 1. The number of carbonyl (C=O) groups is 1. The highest BCUT2D eigenvalue weighted by atomic mass is 35.5. The van der Waals surface area contributed by atoms with Crippen molar-refractivity contribution in [2.45, 2.75) is 46.8 Å². The van der Waals surface area contributed by atoms with E-state index in [1.807, 2.05) is 45.0 Å². The summed E-state index contributed by atoms with van der Waals surface area (Å²) in [5, 5.41) is 0.362. The van der Waals surface area contributed by atoms with E-state index in [1.165, 1.54) is 23.0 Å². The highest BCUT2D eigenvalue weighted by Crippen LogP contribution is 2.37. The molecule has 39 heavy (non-hydrogen) atoms. The second-order valence-corrected chi connectivity index (χ2v) is 10.4. The predicted octanol–water partition coefficient (Wildman–Crippen LogP) is 4.65. The Morgan fingerprint density at radius 1 is 1.18 bits per heavy atom. The number of rotatable bonds is 9. The molecule has 3 aromatic rings. The first kappa shape index (κ1) is 28.4. The number of carbonyl (C=O) groups excluding carboxylic acids is 1. The Kier molecular flexibility index (Phi) is 8.82. The Balaban J connectivity index is 1.96. The van der Waals surface area contributed by atoms with Gasteiger partial charge in [-0.3, -0.25) is 9.36 Å². The minimum absolute atomic E-state index is 0.113. The van der Waals surface area contributed by atoms with E-state index in [1.54, 1.807) is 32.1 Å². The van der Waals surface area contributed by atoms with E-state index >= 15 is 0 Å². The molecule has 10 heteroatoms. The Bertz CT molecular complexity index is 1600. The largest absolute Gasteiger partial charge is 0.491 e. The molecule has 1 atom stereocenters. The molecule has 0 saturated carbocycles. The number of hydrogen-bond acceptors (Lipinski definition) is 8. The fourth-order valence-electron chi connectivity index (χ4n) is 4.44. The van der Waals surface area contributed by atoms with Gasteiger partial charge in [0.1, 0.15) is 11.8 Å².